The Hall–Kier alpha value is -2.51. The van der Waals surface area contributed by atoms with Gasteiger partial charge in [0.1, 0.15) is 5.69 Å². The molecule has 3 aromatic rings. The molecular formula is C20H20N4O2S. The Morgan fingerprint density at radius 3 is 2.78 bits per heavy atom. The van der Waals surface area contributed by atoms with Crippen molar-refractivity contribution in [3.05, 3.63) is 70.7 Å². The number of aromatic nitrogens is 3. The number of nitrogens with zero attached hydrogens (tertiary/aromatic N) is 4. The molecule has 0 saturated carbocycles. The number of piperidine rings is 1. The first-order valence-corrected chi connectivity index (χ1v) is 10.1. The van der Waals surface area contributed by atoms with Crippen molar-refractivity contribution in [1.82, 2.24) is 19.4 Å². The highest BCUT2D eigenvalue weighted by molar-refractivity contribution is 7.07. The van der Waals surface area contributed by atoms with E-state index in [2.05, 4.69) is 22.1 Å². The molecule has 27 heavy (non-hydrogen) atoms. The van der Waals surface area contributed by atoms with Crippen LogP contribution >= 0.6 is 11.3 Å². The molecule has 0 unspecified atom stereocenters. The number of aliphatic hydroxyl groups is 1. The maximum absolute atomic E-state index is 12.6. The highest BCUT2D eigenvalue weighted by Crippen LogP contribution is 2.52. The molecule has 0 bridgehead atoms. The van der Waals surface area contributed by atoms with Gasteiger partial charge in [-0.15, -0.1) is 11.3 Å². The number of hydrogen-bond acceptors (Lipinski definition) is 5. The first-order chi connectivity index (χ1) is 13.2. The van der Waals surface area contributed by atoms with Crippen molar-refractivity contribution in [2.45, 2.75) is 30.4 Å². The van der Waals surface area contributed by atoms with Crippen molar-refractivity contribution in [2.24, 2.45) is 0 Å². The zero-order valence-electron chi connectivity index (χ0n) is 14.7. The predicted molar refractivity (Wildman–Crippen MR) is 102 cm³/mol. The van der Waals surface area contributed by atoms with Crippen molar-refractivity contribution in [3.63, 3.8) is 0 Å². The lowest BCUT2D eigenvalue weighted by Crippen LogP contribution is -2.50. The van der Waals surface area contributed by atoms with Gasteiger partial charge in [0.2, 0.25) is 0 Å². The van der Waals surface area contributed by atoms with E-state index in [0.717, 1.165) is 18.4 Å². The van der Waals surface area contributed by atoms with Crippen LogP contribution in [0.4, 0.5) is 0 Å². The van der Waals surface area contributed by atoms with Gasteiger partial charge in [-0.25, -0.2) is 9.97 Å². The number of fused-ring (bicyclic) bond motifs is 2. The number of likely N-dealkylation sites (tertiary alicyclic amines) is 1. The second kappa shape index (κ2) is 6.28. The Balaban J connectivity index is 1.46. The van der Waals surface area contributed by atoms with Crippen LogP contribution in [0.5, 0.6) is 0 Å². The van der Waals surface area contributed by atoms with Crippen LogP contribution in [-0.4, -0.2) is 49.6 Å². The van der Waals surface area contributed by atoms with Crippen LogP contribution in [-0.2, 0) is 5.41 Å². The number of hydrogen-bond donors (Lipinski definition) is 1. The van der Waals surface area contributed by atoms with Crippen LogP contribution in [0, 0.1) is 0 Å². The number of carbonyl (C=O) groups excluding carboxylic acids is 1. The number of aliphatic hydroxyl groups excluding tert-OH is 1. The van der Waals surface area contributed by atoms with Crippen LogP contribution in [0.25, 0.3) is 0 Å². The summed E-state index contributed by atoms with van der Waals surface area (Å²) < 4.78 is 1.99. The first kappa shape index (κ1) is 16.6. The fraction of sp³-hybridized carbons (Fsp3) is 0.350. The van der Waals surface area contributed by atoms with Gasteiger partial charge in [-0.2, -0.15) is 0 Å². The van der Waals surface area contributed by atoms with Gasteiger partial charge < -0.3 is 14.6 Å². The highest BCUT2D eigenvalue weighted by Gasteiger charge is 2.53. The van der Waals surface area contributed by atoms with Gasteiger partial charge in [-0.1, -0.05) is 24.3 Å². The summed E-state index contributed by atoms with van der Waals surface area (Å²) >= 11 is 1.43. The minimum Gasteiger partial charge on any atom is -0.390 e. The predicted octanol–water partition coefficient (Wildman–Crippen LogP) is 2.48. The Morgan fingerprint density at radius 2 is 2.07 bits per heavy atom. The number of rotatable bonds is 2. The summed E-state index contributed by atoms with van der Waals surface area (Å²) in [5, 5.41) is 13.2. The van der Waals surface area contributed by atoms with Crippen molar-refractivity contribution in [1.29, 1.82) is 0 Å². The molecule has 3 heterocycles. The van der Waals surface area contributed by atoms with Gasteiger partial charge in [0.25, 0.3) is 5.91 Å². The number of carbonyl (C=O) groups is 1. The Morgan fingerprint density at radius 1 is 1.26 bits per heavy atom. The van der Waals surface area contributed by atoms with E-state index >= 15 is 0 Å². The van der Waals surface area contributed by atoms with Crippen molar-refractivity contribution < 1.29 is 9.90 Å². The standard InChI is InChI=1S/C20H20N4O2S/c25-18-17(24-10-7-21-12-24)14-3-1-2-4-15(14)20(18)5-8-23(9-6-20)19(26)16-11-27-13-22-16/h1-4,7,10-13,17-18,25H,5-6,8-9H2/t17-,18+/m1/s1. The van der Waals surface area contributed by atoms with Crippen molar-refractivity contribution in [3.8, 4) is 0 Å². The molecule has 1 N–H and O–H groups in total. The molecule has 1 aromatic carbocycles. The fourth-order valence-electron chi connectivity index (χ4n) is 4.75. The summed E-state index contributed by atoms with van der Waals surface area (Å²) in [6, 6.07) is 8.16. The van der Waals surface area contributed by atoms with E-state index < -0.39 is 6.10 Å². The second-order valence-electron chi connectivity index (χ2n) is 7.31. The van der Waals surface area contributed by atoms with E-state index in [4.69, 9.17) is 0 Å². The molecule has 138 valence electrons. The Labute approximate surface area is 161 Å². The lowest BCUT2D eigenvalue weighted by atomic mass is 9.72. The summed E-state index contributed by atoms with van der Waals surface area (Å²) in [7, 11) is 0. The average Bonchev–Trinajstić information content (AvgIpc) is 3.45. The molecule has 7 heteroatoms. The van der Waals surface area contributed by atoms with E-state index in [-0.39, 0.29) is 17.4 Å². The molecule has 5 rings (SSSR count). The number of thiazole rings is 1. The molecule has 1 saturated heterocycles. The van der Waals surface area contributed by atoms with Crippen LogP contribution in [0.15, 0.2) is 53.9 Å². The SMILES string of the molecule is O=C(c1cscn1)N1CCC2(CC1)c1ccccc1[C@@H](n1ccnc1)[C@@H]2O. The van der Waals surface area contributed by atoms with Gasteiger partial charge in [0.05, 0.1) is 24.0 Å². The zero-order chi connectivity index (χ0) is 18.4. The van der Waals surface area contributed by atoms with Crippen molar-refractivity contribution in [2.75, 3.05) is 13.1 Å². The van der Waals surface area contributed by atoms with Gasteiger partial charge in [0.15, 0.2) is 0 Å². The molecule has 1 aliphatic carbocycles. The largest absolute Gasteiger partial charge is 0.390 e. The van der Waals surface area contributed by atoms with Gasteiger partial charge in [-0.3, -0.25) is 4.79 Å². The normalized spacial score (nSPS) is 23.5. The maximum atomic E-state index is 12.6. The van der Waals surface area contributed by atoms with Crippen LogP contribution in [0.3, 0.4) is 0 Å². The molecule has 2 aromatic heterocycles. The third-order valence-electron chi connectivity index (χ3n) is 6.12. The summed E-state index contributed by atoms with van der Waals surface area (Å²) in [6.45, 7) is 1.25. The van der Waals surface area contributed by atoms with Crippen molar-refractivity contribution >= 4 is 17.2 Å². The molecule has 1 spiro atoms. The molecule has 6 nitrogen and oxygen atoms in total. The topological polar surface area (TPSA) is 71.2 Å². The van der Waals surface area contributed by atoms with E-state index in [0.29, 0.717) is 18.8 Å². The molecule has 0 radical (unpaired) electrons. The Bertz CT molecular complexity index is 946. The smallest absolute Gasteiger partial charge is 0.273 e. The van der Waals surface area contributed by atoms with E-state index in [1.807, 2.05) is 27.8 Å². The third-order valence-corrected chi connectivity index (χ3v) is 6.71. The van der Waals surface area contributed by atoms with Gasteiger partial charge in [0, 0.05) is 36.3 Å². The number of benzene rings is 1. The van der Waals surface area contributed by atoms with Gasteiger partial charge >= 0.3 is 0 Å². The lowest BCUT2D eigenvalue weighted by Gasteiger charge is -2.42. The van der Waals surface area contributed by atoms with E-state index in [9.17, 15) is 9.90 Å². The second-order valence-corrected chi connectivity index (χ2v) is 8.03. The Kier molecular flexibility index (Phi) is 3.87. The molecule has 1 aliphatic heterocycles. The number of imidazole rings is 1. The number of amides is 1. The molecular weight excluding hydrogens is 360 g/mol. The summed E-state index contributed by atoms with van der Waals surface area (Å²) in [4.78, 5) is 22.8. The quantitative estimate of drug-likeness (QED) is 0.741. The van der Waals surface area contributed by atoms with Crippen LogP contribution in [0.2, 0.25) is 0 Å². The zero-order valence-corrected chi connectivity index (χ0v) is 15.5. The fourth-order valence-corrected chi connectivity index (χ4v) is 5.28. The summed E-state index contributed by atoms with van der Waals surface area (Å²) in [6.07, 6.45) is 6.36. The molecule has 1 amide bonds. The summed E-state index contributed by atoms with van der Waals surface area (Å²) in [5.41, 5.74) is 4.23. The molecule has 1 fully saturated rings. The average molecular weight is 380 g/mol. The van der Waals surface area contributed by atoms with E-state index in [1.54, 1.807) is 23.4 Å². The van der Waals surface area contributed by atoms with Crippen LogP contribution < -0.4 is 0 Å². The molecule has 2 aliphatic rings. The first-order valence-electron chi connectivity index (χ1n) is 9.13. The minimum absolute atomic E-state index is 0.0157. The van der Waals surface area contributed by atoms with Gasteiger partial charge in [-0.05, 0) is 24.0 Å². The van der Waals surface area contributed by atoms with Crippen LogP contribution in [0.1, 0.15) is 40.5 Å². The maximum Gasteiger partial charge on any atom is 0.273 e. The minimum atomic E-state index is -0.541. The molecule has 2 atom stereocenters. The van der Waals surface area contributed by atoms with E-state index in [1.165, 1.54) is 16.9 Å². The highest BCUT2D eigenvalue weighted by atomic mass is 32.1. The third kappa shape index (κ3) is 2.45. The lowest BCUT2D eigenvalue weighted by molar-refractivity contribution is 0.0207. The summed E-state index contributed by atoms with van der Waals surface area (Å²) in [5.74, 6) is -0.0157. The monoisotopic (exact) mass is 380 g/mol.